The number of rotatable bonds is 4. The number of nitrogens with two attached hydrogens (primary N) is 1. The first kappa shape index (κ1) is 14.0. The van der Waals surface area contributed by atoms with Gasteiger partial charge in [-0.05, 0) is 24.3 Å². The van der Waals surface area contributed by atoms with Crippen molar-refractivity contribution in [3.05, 3.63) is 47.0 Å². The summed E-state index contributed by atoms with van der Waals surface area (Å²) in [6.07, 6.45) is 0. The van der Waals surface area contributed by atoms with E-state index >= 15 is 0 Å². The Balaban J connectivity index is 2.44. The molecule has 4 N–H and O–H groups in total. The van der Waals surface area contributed by atoms with Crippen molar-refractivity contribution in [1.82, 2.24) is 0 Å². The first-order valence-electron chi connectivity index (χ1n) is 5.74. The third-order valence-corrected chi connectivity index (χ3v) is 2.98. The number of halogens is 1. The monoisotopic (exact) mass is 292 g/mol. The molecule has 0 radical (unpaired) electrons. The summed E-state index contributed by atoms with van der Waals surface area (Å²) in [5.41, 5.74) is 6.87. The molecule has 0 fully saturated rings. The average molecular weight is 293 g/mol. The van der Waals surface area contributed by atoms with Crippen molar-refractivity contribution in [1.29, 1.82) is 0 Å². The minimum absolute atomic E-state index is 0.0119. The van der Waals surface area contributed by atoms with E-state index in [4.69, 9.17) is 22.1 Å². The van der Waals surface area contributed by atoms with Gasteiger partial charge in [-0.1, -0.05) is 17.7 Å². The molecule has 0 saturated heterocycles. The maximum atomic E-state index is 11.3. The Morgan fingerprint density at radius 1 is 1.35 bits per heavy atom. The molecule has 0 atom stereocenters. The van der Waals surface area contributed by atoms with Crippen LogP contribution in [-0.4, -0.2) is 18.2 Å². The molecule has 0 bridgehead atoms. The normalized spacial score (nSPS) is 10.1. The van der Waals surface area contributed by atoms with Crippen LogP contribution in [0.25, 0.3) is 0 Å². The number of carboxylic acids is 1. The van der Waals surface area contributed by atoms with Gasteiger partial charge in [-0.25, -0.2) is 4.79 Å². The van der Waals surface area contributed by atoms with Gasteiger partial charge >= 0.3 is 5.97 Å². The molecule has 0 unspecified atom stereocenters. The maximum Gasteiger partial charge on any atom is 0.337 e. The van der Waals surface area contributed by atoms with Gasteiger partial charge in [0, 0.05) is 17.4 Å². The molecule has 2 aromatic carbocycles. The summed E-state index contributed by atoms with van der Waals surface area (Å²) in [4.78, 5) is 11.3. The summed E-state index contributed by atoms with van der Waals surface area (Å²) < 4.78 is 5.11. The smallest absolute Gasteiger partial charge is 0.337 e. The van der Waals surface area contributed by atoms with Crippen LogP contribution < -0.4 is 15.8 Å². The first-order valence-corrected chi connectivity index (χ1v) is 6.12. The van der Waals surface area contributed by atoms with Crippen LogP contribution >= 0.6 is 11.6 Å². The number of carboxylic acid groups (broad SMARTS) is 1. The number of carbonyl (C=O) groups is 1. The fourth-order valence-electron chi connectivity index (χ4n) is 1.77. The van der Waals surface area contributed by atoms with Crippen LogP contribution in [0.15, 0.2) is 36.4 Å². The minimum Gasteiger partial charge on any atom is -0.497 e. The first-order chi connectivity index (χ1) is 9.51. The molecule has 0 saturated carbocycles. The largest absolute Gasteiger partial charge is 0.497 e. The standard InChI is InChI=1S/C14H13ClN2O3/c1-20-10-4-2-3-9(7-10)17-13-11(14(18)19)5-8(16)6-12(13)15/h2-7,17H,16H2,1H3,(H,18,19). The van der Waals surface area contributed by atoms with Gasteiger partial charge in [0.1, 0.15) is 5.75 Å². The van der Waals surface area contributed by atoms with Gasteiger partial charge in [-0.15, -0.1) is 0 Å². The molecule has 0 amide bonds. The molecule has 104 valence electrons. The molecule has 0 spiro atoms. The van der Waals surface area contributed by atoms with Crippen molar-refractivity contribution < 1.29 is 14.6 Å². The topological polar surface area (TPSA) is 84.6 Å². The van der Waals surface area contributed by atoms with E-state index in [0.29, 0.717) is 22.8 Å². The molecular weight excluding hydrogens is 280 g/mol. The lowest BCUT2D eigenvalue weighted by Gasteiger charge is -2.13. The number of aromatic carboxylic acids is 1. The van der Waals surface area contributed by atoms with Crippen LogP contribution in [0.1, 0.15) is 10.4 Å². The lowest BCUT2D eigenvalue weighted by molar-refractivity contribution is 0.0698. The zero-order valence-electron chi connectivity index (χ0n) is 10.7. The number of hydrogen-bond acceptors (Lipinski definition) is 4. The van der Waals surface area contributed by atoms with Crippen LogP contribution in [0.3, 0.4) is 0 Å². The molecule has 0 aliphatic carbocycles. The van der Waals surface area contributed by atoms with Gasteiger partial charge in [0.05, 0.1) is 23.4 Å². The molecule has 20 heavy (non-hydrogen) atoms. The SMILES string of the molecule is COc1cccc(Nc2c(Cl)cc(N)cc2C(=O)O)c1. The molecular formula is C14H13ClN2O3. The van der Waals surface area contributed by atoms with Crippen LogP contribution in [0.4, 0.5) is 17.1 Å². The summed E-state index contributed by atoms with van der Waals surface area (Å²) in [5.74, 6) is -0.456. The fraction of sp³-hybridized carbons (Fsp3) is 0.0714. The van der Waals surface area contributed by atoms with Crippen LogP contribution in [0.5, 0.6) is 5.75 Å². The average Bonchev–Trinajstić information content (AvgIpc) is 2.41. The third kappa shape index (κ3) is 2.95. The highest BCUT2D eigenvalue weighted by atomic mass is 35.5. The summed E-state index contributed by atoms with van der Waals surface area (Å²) in [5, 5.41) is 12.4. The molecule has 5 nitrogen and oxygen atoms in total. The molecule has 0 aromatic heterocycles. The number of methoxy groups -OCH3 is 1. The number of ether oxygens (including phenoxy) is 1. The Labute approximate surface area is 120 Å². The highest BCUT2D eigenvalue weighted by Crippen LogP contribution is 2.32. The quantitative estimate of drug-likeness (QED) is 0.752. The summed E-state index contributed by atoms with van der Waals surface area (Å²) in [7, 11) is 1.55. The summed E-state index contributed by atoms with van der Waals surface area (Å²) in [6, 6.07) is 9.94. The molecule has 2 aromatic rings. The molecule has 2 rings (SSSR count). The maximum absolute atomic E-state index is 11.3. The van der Waals surface area contributed by atoms with Gasteiger partial charge in [-0.2, -0.15) is 0 Å². The predicted molar refractivity (Wildman–Crippen MR) is 79.1 cm³/mol. The highest BCUT2D eigenvalue weighted by Gasteiger charge is 2.15. The molecule has 0 aliphatic heterocycles. The Kier molecular flexibility index (Phi) is 4.00. The fourth-order valence-corrected chi connectivity index (χ4v) is 2.04. The highest BCUT2D eigenvalue weighted by molar-refractivity contribution is 6.34. The van der Waals surface area contributed by atoms with Crippen molar-refractivity contribution in [2.24, 2.45) is 0 Å². The Morgan fingerprint density at radius 3 is 2.75 bits per heavy atom. The van der Waals surface area contributed by atoms with Crippen molar-refractivity contribution in [2.75, 3.05) is 18.2 Å². The van der Waals surface area contributed by atoms with Crippen molar-refractivity contribution in [3.8, 4) is 5.75 Å². The number of nitrogens with one attached hydrogen (secondary N) is 1. The van der Waals surface area contributed by atoms with E-state index < -0.39 is 5.97 Å². The van der Waals surface area contributed by atoms with E-state index in [0.717, 1.165) is 0 Å². The Bertz CT molecular complexity index is 659. The van der Waals surface area contributed by atoms with Crippen molar-refractivity contribution in [2.45, 2.75) is 0 Å². The van der Waals surface area contributed by atoms with Gasteiger partial charge < -0.3 is 20.9 Å². The van der Waals surface area contributed by atoms with E-state index in [-0.39, 0.29) is 10.6 Å². The van der Waals surface area contributed by atoms with Crippen LogP contribution in [0.2, 0.25) is 5.02 Å². The molecule has 0 aliphatic rings. The number of hydrogen-bond donors (Lipinski definition) is 3. The minimum atomic E-state index is -1.11. The Hall–Kier alpha value is -2.40. The van der Waals surface area contributed by atoms with Gasteiger partial charge in [0.15, 0.2) is 0 Å². The second kappa shape index (κ2) is 5.71. The van der Waals surface area contributed by atoms with E-state index in [1.54, 1.807) is 31.4 Å². The summed E-state index contributed by atoms with van der Waals surface area (Å²) >= 11 is 6.07. The van der Waals surface area contributed by atoms with E-state index in [9.17, 15) is 9.90 Å². The molecule has 6 heteroatoms. The second-order valence-corrected chi connectivity index (χ2v) is 4.49. The van der Waals surface area contributed by atoms with Crippen LogP contribution in [0, 0.1) is 0 Å². The van der Waals surface area contributed by atoms with Gasteiger partial charge in [0.25, 0.3) is 0 Å². The lowest BCUT2D eigenvalue weighted by atomic mass is 10.1. The predicted octanol–water partition coefficient (Wildman–Crippen LogP) is 3.37. The molecule has 0 heterocycles. The zero-order chi connectivity index (χ0) is 14.7. The van der Waals surface area contributed by atoms with Gasteiger partial charge in [-0.3, -0.25) is 0 Å². The van der Waals surface area contributed by atoms with E-state index in [1.807, 2.05) is 0 Å². The van der Waals surface area contributed by atoms with Gasteiger partial charge in [0.2, 0.25) is 0 Å². The Morgan fingerprint density at radius 2 is 2.10 bits per heavy atom. The second-order valence-electron chi connectivity index (χ2n) is 4.09. The van der Waals surface area contributed by atoms with Crippen LogP contribution in [-0.2, 0) is 0 Å². The van der Waals surface area contributed by atoms with Crippen molar-refractivity contribution in [3.63, 3.8) is 0 Å². The third-order valence-electron chi connectivity index (χ3n) is 2.68. The van der Waals surface area contributed by atoms with E-state index in [1.165, 1.54) is 12.1 Å². The number of nitrogen functional groups attached to an aromatic ring is 1. The van der Waals surface area contributed by atoms with E-state index in [2.05, 4.69) is 5.32 Å². The van der Waals surface area contributed by atoms with Crippen molar-refractivity contribution >= 4 is 34.6 Å². The zero-order valence-corrected chi connectivity index (χ0v) is 11.4. The number of anilines is 3. The summed E-state index contributed by atoms with van der Waals surface area (Å²) in [6.45, 7) is 0. The number of benzene rings is 2. The lowest BCUT2D eigenvalue weighted by Crippen LogP contribution is -2.05.